The van der Waals surface area contributed by atoms with Crippen LogP contribution in [-0.4, -0.2) is 34.1 Å². The minimum atomic E-state index is -1.14. The van der Waals surface area contributed by atoms with E-state index >= 15 is 0 Å². The second-order valence-electron chi connectivity index (χ2n) is 6.38. The van der Waals surface area contributed by atoms with Gasteiger partial charge >= 0.3 is 6.03 Å². The number of carbonyl (C=O) groups is 2. The van der Waals surface area contributed by atoms with Crippen molar-refractivity contribution in [2.45, 2.75) is 45.2 Å². The summed E-state index contributed by atoms with van der Waals surface area (Å²) in [5, 5.41) is 6.62. The number of urea groups is 1. The zero-order valence-electron chi connectivity index (χ0n) is 15.1. The van der Waals surface area contributed by atoms with Gasteiger partial charge < -0.3 is 14.6 Å². The lowest BCUT2D eigenvalue weighted by Gasteiger charge is -2.22. The Labute approximate surface area is 151 Å². The molecule has 3 rings (SSSR count). The van der Waals surface area contributed by atoms with Crippen molar-refractivity contribution in [2.24, 2.45) is 0 Å². The van der Waals surface area contributed by atoms with Crippen molar-refractivity contribution in [1.82, 2.24) is 20.4 Å². The second-order valence-corrected chi connectivity index (χ2v) is 6.38. The van der Waals surface area contributed by atoms with Crippen LogP contribution in [0.1, 0.15) is 44.0 Å². The van der Waals surface area contributed by atoms with E-state index in [-0.39, 0.29) is 12.5 Å². The lowest BCUT2D eigenvalue weighted by Crippen LogP contribution is -2.40. The van der Waals surface area contributed by atoms with Gasteiger partial charge in [-0.2, -0.15) is 4.98 Å². The molecule has 0 aliphatic carbocycles. The van der Waals surface area contributed by atoms with Crippen LogP contribution < -0.4 is 10.1 Å². The third kappa shape index (κ3) is 3.26. The first-order valence-electron chi connectivity index (χ1n) is 8.58. The van der Waals surface area contributed by atoms with E-state index in [0.717, 1.165) is 17.7 Å². The summed E-state index contributed by atoms with van der Waals surface area (Å²) in [6.07, 6.45) is 2.65. The fraction of sp³-hybridized carbons (Fsp3) is 0.444. The molecule has 1 unspecified atom stereocenters. The van der Waals surface area contributed by atoms with Crippen LogP contribution in [0.5, 0.6) is 5.75 Å². The highest BCUT2D eigenvalue weighted by Gasteiger charge is 2.49. The minimum Gasteiger partial charge on any atom is -0.497 e. The third-order valence-electron chi connectivity index (χ3n) is 4.50. The molecule has 2 heterocycles. The molecule has 0 bridgehead atoms. The van der Waals surface area contributed by atoms with Gasteiger partial charge in [0.2, 0.25) is 5.89 Å². The van der Waals surface area contributed by atoms with E-state index in [9.17, 15) is 9.59 Å². The van der Waals surface area contributed by atoms with Gasteiger partial charge in [0.05, 0.1) is 13.7 Å². The number of amides is 3. The van der Waals surface area contributed by atoms with Gasteiger partial charge in [0, 0.05) is 6.42 Å². The molecule has 1 saturated heterocycles. The predicted octanol–water partition coefficient (Wildman–Crippen LogP) is 2.39. The molecule has 0 saturated carbocycles. The molecule has 1 aliphatic heterocycles. The number of methoxy groups -OCH3 is 1. The summed E-state index contributed by atoms with van der Waals surface area (Å²) in [7, 11) is 1.57. The monoisotopic (exact) mass is 358 g/mol. The summed E-state index contributed by atoms with van der Waals surface area (Å²) >= 11 is 0. The standard InChI is InChI=1S/C18H22N4O4/c1-4-5-6-15-19-14(21-26-15)11-22-16(23)18(2,20-17(22)24)12-7-9-13(25-3)10-8-12/h7-10H,4-6,11H2,1-3H3,(H,20,24). The fourth-order valence-corrected chi connectivity index (χ4v) is 2.89. The van der Waals surface area contributed by atoms with Gasteiger partial charge in [-0.1, -0.05) is 30.6 Å². The highest BCUT2D eigenvalue weighted by Crippen LogP contribution is 2.30. The van der Waals surface area contributed by atoms with Gasteiger partial charge in [0.25, 0.3) is 5.91 Å². The van der Waals surface area contributed by atoms with Crippen LogP contribution in [0.4, 0.5) is 4.79 Å². The lowest BCUT2D eigenvalue weighted by atomic mass is 9.92. The van der Waals surface area contributed by atoms with Crippen LogP contribution in [0.3, 0.4) is 0 Å². The Hall–Kier alpha value is -2.90. The molecule has 1 aliphatic rings. The molecular formula is C18H22N4O4. The van der Waals surface area contributed by atoms with Crippen molar-refractivity contribution in [1.29, 1.82) is 0 Å². The molecule has 0 radical (unpaired) electrons. The summed E-state index contributed by atoms with van der Waals surface area (Å²) in [6, 6.07) is 6.55. The number of aryl methyl sites for hydroxylation is 1. The molecule has 26 heavy (non-hydrogen) atoms. The van der Waals surface area contributed by atoms with Crippen LogP contribution in [0.25, 0.3) is 0 Å². The SMILES string of the molecule is CCCCc1nc(CN2C(=O)NC(C)(c3ccc(OC)cc3)C2=O)no1. The Bertz CT molecular complexity index is 802. The highest BCUT2D eigenvalue weighted by molar-refractivity contribution is 6.07. The average Bonchev–Trinajstić information content (AvgIpc) is 3.19. The Morgan fingerprint density at radius 3 is 2.65 bits per heavy atom. The minimum absolute atomic E-state index is 0.0218. The maximum atomic E-state index is 12.9. The van der Waals surface area contributed by atoms with Crippen molar-refractivity contribution >= 4 is 11.9 Å². The first-order valence-corrected chi connectivity index (χ1v) is 8.58. The topological polar surface area (TPSA) is 97.6 Å². The van der Waals surface area contributed by atoms with E-state index in [0.29, 0.717) is 29.4 Å². The number of hydrogen-bond donors (Lipinski definition) is 1. The van der Waals surface area contributed by atoms with E-state index in [4.69, 9.17) is 9.26 Å². The Morgan fingerprint density at radius 1 is 1.27 bits per heavy atom. The van der Waals surface area contributed by atoms with Gasteiger partial charge in [-0.15, -0.1) is 0 Å². The molecule has 1 aromatic heterocycles. The van der Waals surface area contributed by atoms with Crippen molar-refractivity contribution < 1.29 is 18.8 Å². The zero-order chi connectivity index (χ0) is 18.7. The molecule has 1 atom stereocenters. The van der Waals surface area contributed by atoms with Crippen LogP contribution >= 0.6 is 0 Å². The van der Waals surface area contributed by atoms with E-state index in [1.54, 1.807) is 38.3 Å². The first kappa shape index (κ1) is 17.9. The molecule has 8 nitrogen and oxygen atoms in total. The normalized spacial score (nSPS) is 19.7. The second kappa shape index (κ2) is 7.15. The van der Waals surface area contributed by atoms with Gasteiger partial charge in [-0.3, -0.25) is 9.69 Å². The number of aromatic nitrogens is 2. The van der Waals surface area contributed by atoms with Crippen molar-refractivity contribution in [3.05, 3.63) is 41.5 Å². The molecule has 138 valence electrons. The van der Waals surface area contributed by atoms with E-state index in [2.05, 4.69) is 22.4 Å². The van der Waals surface area contributed by atoms with Gasteiger partial charge in [0.1, 0.15) is 11.3 Å². The Balaban J connectivity index is 1.76. The summed E-state index contributed by atoms with van der Waals surface area (Å²) in [5.41, 5.74) is -0.464. The smallest absolute Gasteiger partial charge is 0.325 e. The summed E-state index contributed by atoms with van der Waals surface area (Å²) in [4.78, 5) is 30.6. The number of nitrogens with one attached hydrogen (secondary N) is 1. The number of hydrogen-bond acceptors (Lipinski definition) is 6. The summed E-state index contributed by atoms with van der Waals surface area (Å²) in [6.45, 7) is 3.73. The van der Waals surface area contributed by atoms with Crippen LogP contribution in [0.15, 0.2) is 28.8 Å². The maximum Gasteiger partial charge on any atom is 0.325 e. The summed E-state index contributed by atoms with van der Waals surface area (Å²) < 4.78 is 10.3. The Morgan fingerprint density at radius 2 is 2.00 bits per heavy atom. The largest absolute Gasteiger partial charge is 0.497 e. The zero-order valence-corrected chi connectivity index (χ0v) is 15.1. The number of ether oxygens (including phenoxy) is 1. The average molecular weight is 358 g/mol. The number of imide groups is 1. The van der Waals surface area contributed by atoms with Crippen LogP contribution in [-0.2, 0) is 23.3 Å². The quantitative estimate of drug-likeness (QED) is 0.763. The molecule has 1 N–H and O–H groups in total. The molecule has 1 fully saturated rings. The number of nitrogens with zero attached hydrogens (tertiary/aromatic N) is 3. The van der Waals surface area contributed by atoms with Crippen LogP contribution in [0, 0.1) is 0 Å². The molecule has 8 heteroatoms. The molecule has 3 amide bonds. The first-order chi connectivity index (χ1) is 12.5. The van der Waals surface area contributed by atoms with E-state index in [1.807, 2.05) is 0 Å². The van der Waals surface area contributed by atoms with Gasteiger partial charge in [-0.25, -0.2) is 4.79 Å². The van der Waals surface area contributed by atoms with Gasteiger partial charge in [-0.05, 0) is 31.0 Å². The number of unbranched alkanes of at least 4 members (excludes halogenated alkanes) is 1. The fourth-order valence-electron chi connectivity index (χ4n) is 2.89. The predicted molar refractivity (Wildman–Crippen MR) is 92.3 cm³/mol. The molecule has 1 aromatic carbocycles. The molecular weight excluding hydrogens is 336 g/mol. The van der Waals surface area contributed by atoms with Crippen LogP contribution in [0.2, 0.25) is 0 Å². The third-order valence-corrected chi connectivity index (χ3v) is 4.50. The van der Waals surface area contributed by atoms with Crippen molar-refractivity contribution in [2.75, 3.05) is 7.11 Å². The molecule has 0 spiro atoms. The number of rotatable bonds is 7. The molecule has 2 aromatic rings. The Kier molecular flexibility index (Phi) is 4.92. The maximum absolute atomic E-state index is 12.9. The number of carbonyl (C=O) groups excluding carboxylic acids is 2. The van der Waals surface area contributed by atoms with E-state index in [1.165, 1.54) is 0 Å². The van der Waals surface area contributed by atoms with Crippen molar-refractivity contribution in [3.63, 3.8) is 0 Å². The lowest BCUT2D eigenvalue weighted by molar-refractivity contribution is -0.131. The summed E-state index contributed by atoms with van der Waals surface area (Å²) in [5.74, 6) is 1.16. The van der Waals surface area contributed by atoms with Crippen molar-refractivity contribution in [3.8, 4) is 5.75 Å². The van der Waals surface area contributed by atoms with E-state index < -0.39 is 11.6 Å². The highest BCUT2D eigenvalue weighted by atomic mass is 16.5. The van der Waals surface area contributed by atoms with Gasteiger partial charge in [0.15, 0.2) is 5.82 Å². The number of benzene rings is 1.